The van der Waals surface area contributed by atoms with Crippen molar-refractivity contribution in [3.8, 4) is 0 Å². The molecule has 4 heterocycles. The van der Waals surface area contributed by atoms with Gasteiger partial charge in [-0.2, -0.15) is 5.10 Å². The zero-order valence-corrected chi connectivity index (χ0v) is 15.6. The van der Waals surface area contributed by atoms with E-state index in [2.05, 4.69) is 28.0 Å². The largest absolute Gasteiger partial charge is 0.399 e. The van der Waals surface area contributed by atoms with Crippen LogP contribution in [0.25, 0.3) is 21.3 Å². The molecule has 0 unspecified atom stereocenters. The number of nitrogens with one attached hydrogen (secondary N) is 2. The highest BCUT2D eigenvalue weighted by Crippen LogP contribution is 2.31. The SMILES string of the molecule is Cn1c2nc(CC3=CC=CCN3)sc2c2cnn(C/C(N)=C/NN)c(=O)c21. The Balaban J connectivity index is 1.76. The molecule has 0 bridgehead atoms. The Labute approximate surface area is 158 Å². The van der Waals surface area contributed by atoms with Crippen LogP contribution < -0.4 is 27.9 Å². The average Bonchev–Trinajstić information content (AvgIpc) is 3.17. The van der Waals surface area contributed by atoms with Crippen LogP contribution in [0, 0.1) is 0 Å². The molecule has 0 aromatic carbocycles. The number of hydrogen-bond donors (Lipinski definition) is 4. The lowest BCUT2D eigenvalue weighted by atomic mass is 10.2. The summed E-state index contributed by atoms with van der Waals surface area (Å²) in [4.78, 5) is 17.6. The summed E-state index contributed by atoms with van der Waals surface area (Å²) < 4.78 is 4.12. The van der Waals surface area contributed by atoms with Crippen LogP contribution in [0.15, 0.2) is 46.8 Å². The molecule has 0 amide bonds. The number of dihydropyridines is 1. The molecule has 6 N–H and O–H groups in total. The molecule has 0 saturated carbocycles. The van der Waals surface area contributed by atoms with Gasteiger partial charge in [-0.05, 0) is 6.08 Å². The van der Waals surface area contributed by atoms with E-state index in [0.717, 1.165) is 39.4 Å². The summed E-state index contributed by atoms with van der Waals surface area (Å²) in [5.41, 5.74) is 10.9. The van der Waals surface area contributed by atoms with Crippen LogP contribution in [-0.2, 0) is 20.0 Å². The molecule has 0 atom stereocenters. The fourth-order valence-electron chi connectivity index (χ4n) is 3.13. The number of nitrogens with two attached hydrogens (primary N) is 2. The lowest BCUT2D eigenvalue weighted by Crippen LogP contribution is -2.27. The second-order valence-corrected chi connectivity index (χ2v) is 7.34. The number of nitrogens with zero attached hydrogens (tertiary/aromatic N) is 4. The Morgan fingerprint density at radius 3 is 3.11 bits per heavy atom. The van der Waals surface area contributed by atoms with Gasteiger partial charge in [0.25, 0.3) is 5.56 Å². The topological polar surface area (TPSA) is 129 Å². The van der Waals surface area contributed by atoms with E-state index in [-0.39, 0.29) is 12.1 Å². The van der Waals surface area contributed by atoms with Gasteiger partial charge in [0.2, 0.25) is 0 Å². The summed E-state index contributed by atoms with van der Waals surface area (Å²) >= 11 is 1.59. The van der Waals surface area contributed by atoms with E-state index in [1.807, 2.05) is 17.7 Å². The zero-order valence-electron chi connectivity index (χ0n) is 14.8. The standard InChI is InChI=1S/C17H20N8OS/c1-24-14-12(8-22-25(17(14)26)9-10(18)7-21-19)15-16(24)23-13(27-15)6-11-4-2-3-5-20-11/h2-4,7-8,20-21H,5-6,9,18-19H2,1H3/b10-7-. The van der Waals surface area contributed by atoms with Gasteiger partial charge in [0.1, 0.15) is 10.5 Å². The lowest BCUT2D eigenvalue weighted by molar-refractivity contribution is 0.628. The fraction of sp³-hybridized carbons (Fsp3) is 0.235. The van der Waals surface area contributed by atoms with Crippen molar-refractivity contribution in [3.63, 3.8) is 0 Å². The highest BCUT2D eigenvalue weighted by atomic mass is 32.1. The molecule has 0 fully saturated rings. The molecule has 0 spiro atoms. The molecule has 3 aromatic rings. The average molecular weight is 384 g/mol. The first kappa shape index (κ1) is 17.3. The van der Waals surface area contributed by atoms with E-state index in [1.165, 1.54) is 10.9 Å². The Hall–Kier alpha value is -3.11. The third-order valence-electron chi connectivity index (χ3n) is 4.39. The smallest absolute Gasteiger partial charge is 0.291 e. The van der Waals surface area contributed by atoms with Gasteiger partial charge in [-0.3, -0.25) is 10.6 Å². The summed E-state index contributed by atoms with van der Waals surface area (Å²) in [5, 5.41) is 9.41. The van der Waals surface area contributed by atoms with Crippen LogP contribution in [0.2, 0.25) is 0 Å². The van der Waals surface area contributed by atoms with Gasteiger partial charge in [0, 0.05) is 43.0 Å². The molecule has 140 valence electrons. The Morgan fingerprint density at radius 1 is 1.52 bits per heavy atom. The number of allylic oxidation sites excluding steroid dienone is 4. The first-order chi connectivity index (χ1) is 13.1. The van der Waals surface area contributed by atoms with Crippen LogP contribution in [0.5, 0.6) is 0 Å². The third-order valence-corrected chi connectivity index (χ3v) is 5.47. The van der Waals surface area contributed by atoms with Gasteiger partial charge in [0.15, 0.2) is 5.65 Å². The number of fused-ring (bicyclic) bond motifs is 3. The molecule has 0 saturated heterocycles. The summed E-state index contributed by atoms with van der Waals surface area (Å²) in [6.07, 6.45) is 10.0. The number of aryl methyl sites for hydroxylation is 1. The van der Waals surface area contributed by atoms with Crippen molar-refractivity contribution in [2.24, 2.45) is 18.6 Å². The molecule has 1 aliphatic rings. The first-order valence-corrected chi connectivity index (χ1v) is 9.24. The Morgan fingerprint density at radius 2 is 2.37 bits per heavy atom. The van der Waals surface area contributed by atoms with Gasteiger partial charge in [-0.15, -0.1) is 11.3 Å². The summed E-state index contributed by atoms with van der Waals surface area (Å²) in [7, 11) is 1.85. The van der Waals surface area contributed by atoms with Crippen LogP contribution in [0.3, 0.4) is 0 Å². The normalized spacial score (nSPS) is 14.6. The lowest BCUT2D eigenvalue weighted by Gasteiger charge is -2.10. The van der Waals surface area contributed by atoms with Crippen molar-refractivity contribution in [3.05, 3.63) is 57.4 Å². The molecule has 0 radical (unpaired) electrons. The van der Waals surface area contributed by atoms with Crippen LogP contribution in [0.1, 0.15) is 5.01 Å². The summed E-state index contributed by atoms with van der Waals surface area (Å²) in [6, 6.07) is 0. The number of aromatic nitrogens is 4. The van der Waals surface area contributed by atoms with Gasteiger partial charge in [-0.1, -0.05) is 12.2 Å². The van der Waals surface area contributed by atoms with E-state index in [1.54, 1.807) is 17.5 Å². The highest BCUT2D eigenvalue weighted by molar-refractivity contribution is 7.19. The second-order valence-electron chi connectivity index (χ2n) is 6.25. The van der Waals surface area contributed by atoms with Gasteiger partial charge >= 0.3 is 0 Å². The molecule has 10 heteroatoms. The predicted molar refractivity (Wildman–Crippen MR) is 107 cm³/mol. The molecular weight excluding hydrogens is 364 g/mol. The maximum Gasteiger partial charge on any atom is 0.291 e. The van der Waals surface area contributed by atoms with Crippen LogP contribution in [-0.4, -0.2) is 25.9 Å². The molecular formula is C17H20N8OS. The van der Waals surface area contributed by atoms with Crippen molar-refractivity contribution in [1.29, 1.82) is 0 Å². The van der Waals surface area contributed by atoms with Gasteiger partial charge < -0.3 is 21.0 Å². The number of thiazole rings is 1. The minimum atomic E-state index is -0.211. The fourth-order valence-corrected chi connectivity index (χ4v) is 4.26. The van der Waals surface area contributed by atoms with E-state index in [9.17, 15) is 4.79 Å². The molecule has 9 nitrogen and oxygen atoms in total. The summed E-state index contributed by atoms with van der Waals surface area (Å²) in [5.74, 6) is 5.22. The first-order valence-electron chi connectivity index (χ1n) is 8.42. The van der Waals surface area contributed by atoms with E-state index < -0.39 is 0 Å². The Bertz CT molecular complexity index is 1160. The maximum atomic E-state index is 12.9. The van der Waals surface area contributed by atoms with Gasteiger partial charge in [0.05, 0.1) is 17.4 Å². The quantitative estimate of drug-likeness (QED) is 0.365. The molecule has 4 rings (SSSR count). The highest BCUT2D eigenvalue weighted by Gasteiger charge is 2.18. The van der Waals surface area contributed by atoms with Crippen molar-refractivity contribution >= 4 is 32.6 Å². The Kier molecular flexibility index (Phi) is 4.42. The molecule has 0 aliphatic carbocycles. The molecule has 1 aliphatic heterocycles. The van der Waals surface area contributed by atoms with E-state index >= 15 is 0 Å². The van der Waals surface area contributed by atoms with Crippen LogP contribution >= 0.6 is 11.3 Å². The van der Waals surface area contributed by atoms with Crippen molar-refractivity contribution in [1.82, 2.24) is 30.1 Å². The minimum absolute atomic E-state index is 0.157. The second kappa shape index (κ2) is 6.89. The van der Waals surface area contributed by atoms with Gasteiger partial charge in [-0.25, -0.2) is 9.67 Å². The number of rotatable bonds is 5. The number of hydrazine groups is 1. The monoisotopic (exact) mass is 384 g/mol. The van der Waals surface area contributed by atoms with Crippen molar-refractivity contribution < 1.29 is 0 Å². The van der Waals surface area contributed by atoms with E-state index in [4.69, 9.17) is 16.6 Å². The minimum Gasteiger partial charge on any atom is -0.399 e. The zero-order chi connectivity index (χ0) is 19.0. The van der Waals surface area contributed by atoms with Crippen molar-refractivity contribution in [2.45, 2.75) is 13.0 Å². The predicted octanol–water partition coefficient (Wildman–Crippen LogP) is 0.194. The molecule has 27 heavy (non-hydrogen) atoms. The maximum absolute atomic E-state index is 12.9. The van der Waals surface area contributed by atoms with Crippen molar-refractivity contribution in [2.75, 3.05) is 6.54 Å². The summed E-state index contributed by atoms with van der Waals surface area (Å²) in [6.45, 7) is 0.990. The number of hydrogen-bond acceptors (Lipinski definition) is 8. The molecule has 3 aromatic heterocycles. The van der Waals surface area contributed by atoms with Crippen LogP contribution in [0.4, 0.5) is 0 Å². The van der Waals surface area contributed by atoms with E-state index in [0.29, 0.717) is 11.2 Å². The third kappa shape index (κ3) is 3.09.